The lowest BCUT2D eigenvalue weighted by molar-refractivity contribution is -0.133. The number of hydrogen-bond acceptors (Lipinski definition) is 4. The molecule has 0 radical (unpaired) electrons. The lowest BCUT2D eigenvalue weighted by Crippen LogP contribution is -2.54. The topological polar surface area (TPSA) is 52.8 Å². The van der Waals surface area contributed by atoms with Crippen LogP contribution in [0.1, 0.15) is 32.6 Å². The first-order valence-corrected chi connectivity index (χ1v) is 7.22. The first kappa shape index (κ1) is 13.8. The highest BCUT2D eigenvalue weighted by Crippen LogP contribution is 2.17. The smallest absolute Gasteiger partial charge is 0.222 e. The number of amides is 1. The Labute approximate surface area is 110 Å². The molecule has 0 spiro atoms. The van der Waals surface area contributed by atoms with Crippen molar-refractivity contribution >= 4 is 5.91 Å². The van der Waals surface area contributed by atoms with Gasteiger partial charge >= 0.3 is 0 Å². The molecule has 0 atom stereocenters. The van der Waals surface area contributed by atoms with Gasteiger partial charge in [0.25, 0.3) is 0 Å². The quantitative estimate of drug-likeness (QED) is 0.735. The van der Waals surface area contributed by atoms with Gasteiger partial charge in [-0.25, -0.2) is 5.01 Å². The van der Waals surface area contributed by atoms with Crippen molar-refractivity contribution in [2.24, 2.45) is 5.84 Å². The maximum absolute atomic E-state index is 11.8. The van der Waals surface area contributed by atoms with Gasteiger partial charge in [0.1, 0.15) is 0 Å². The average Bonchev–Trinajstić information content (AvgIpc) is 2.40. The van der Waals surface area contributed by atoms with E-state index in [4.69, 9.17) is 5.84 Å². The van der Waals surface area contributed by atoms with E-state index in [9.17, 15) is 4.79 Å². The number of nitrogens with zero attached hydrogens (tertiary/aromatic N) is 3. The molecule has 2 rings (SSSR count). The summed E-state index contributed by atoms with van der Waals surface area (Å²) in [5.41, 5.74) is 0. The fourth-order valence-corrected chi connectivity index (χ4v) is 2.96. The van der Waals surface area contributed by atoms with Crippen LogP contribution in [0.4, 0.5) is 0 Å². The van der Waals surface area contributed by atoms with Gasteiger partial charge < -0.3 is 4.90 Å². The van der Waals surface area contributed by atoms with E-state index >= 15 is 0 Å². The second-order valence-corrected chi connectivity index (χ2v) is 5.43. The highest BCUT2D eigenvalue weighted by Gasteiger charge is 2.27. The van der Waals surface area contributed by atoms with E-state index < -0.39 is 0 Å². The summed E-state index contributed by atoms with van der Waals surface area (Å²) in [6.45, 7) is 7.94. The summed E-state index contributed by atoms with van der Waals surface area (Å²) >= 11 is 0. The summed E-state index contributed by atoms with van der Waals surface area (Å²) < 4.78 is 0. The van der Waals surface area contributed by atoms with Crippen molar-refractivity contribution in [1.29, 1.82) is 0 Å². The van der Waals surface area contributed by atoms with E-state index in [1.165, 1.54) is 12.8 Å². The van der Waals surface area contributed by atoms with E-state index in [-0.39, 0.29) is 0 Å². The number of carbonyl (C=O) groups is 1. The lowest BCUT2D eigenvalue weighted by Gasteiger charge is -2.42. The molecule has 0 aromatic heterocycles. The second-order valence-electron chi connectivity index (χ2n) is 5.43. The summed E-state index contributed by atoms with van der Waals surface area (Å²) in [4.78, 5) is 16.4. The molecule has 0 bridgehead atoms. The Balaban J connectivity index is 1.74. The van der Waals surface area contributed by atoms with Gasteiger partial charge in [0.05, 0.1) is 0 Å². The van der Waals surface area contributed by atoms with Gasteiger partial charge in [-0.1, -0.05) is 6.92 Å². The molecule has 2 aliphatic heterocycles. The lowest BCUT2D eigenvalue weighted by atomic mass is 10.0. The van der Waals surface area contributed by atoms with Gasteiger partial charge in [-0.05, 0) is 19.3 Å². The number of hydrogen-bond donors (Lipinski definition) is 1. The van der Waals surface area contributed by atoms with Crippen LogP contribution in [0.15, 0.2) is 0 Å². The highest BCUT2D eigenvalue weighted by atomic mass is 16.2. The molecule has 0 aromatic rings. The maximum atomic E-state index is 11.8. The number of nitrogens with two attached hydrogens (primary N) is 1. The van der Waals surface area contributed by atoms with E-state index in [0.717, 1.165) is 45.7 Å². The van der Waals surface area contributed by atoms with Gasteiger partial charge in [-0.15, -0.1) is 0 Å². The van der Waals surface area contributed by atoms with Crippen molar-refractivity contribution in [1.82, 2.24) is 14.8 Å². The zero-order chi connectivity index (χ0) is 13.0. The fraction of sp³-hybridized carbons (Fsp3) is 0.923. The second kappa shape index (κ2) is 6.50. The van der Waals surface area contributed by atoms with Crippen molar-refractivity contribution in [3.05, 3.63) is 0 Å². The molecule has 0 unspecified atom stereocenters. The molecule has 2 fully saturated rings. The van der Waals surface area contributed by atoms with Crippen molar-refractivity contribution in [2.75, 3.05) is 39.3 Å². The van der Waals surface area contributed by atoms with Crippen molar-refractivity contribution < 1.29 is 4.79 Å². The molecule has 2 saturated heterocycles. The van der Waals surface area contributed by atoms with E-state index in [2.05, 4.69) is 11.8 Å². The number of piperazine rings is 1. The molecule has 18 heavy (non-hydrogen) atoms. The molecule has 5 nitrogen and oxygen atoms in total. The number of piperidine rings is 1. The van der Waals surface area contributed by atoms with Gasteiger partial charge in [0.15, 0.2) is 0 Å². The molecule has 2 heterocycles. The number of rotatable bonds is 3. The number of hydrazine groups is 1. The van der Waals surface area contributed by atoms with Crippen LogP contribution >= 0.6 is 0 Å². The molecular weight excluding hydrogens is 228 g/mol. The van der Waals surface area contributed by atoms with Crippen LogP contribution < -0.4 is 5.84 Å². The van der Waals surface area contributed by atoms with Crippen molar-refractivity contribution in [3.63, 3.8) is 0 Å². The van der Waals surface area contributed by atoms with Gasteiger partial charge in [-0.2, -0.15) is 0 Å². The van der Waals surface area contributed by atoms with Crippen LogP contribution in [0.3, 0.4) is 0 Å². The van der Waals surface area contributed by atoms with Gasteiger partial charge in [0, 0.05) is 51.7 Å². The maximum Gasteiger partial charge on any atom is 0.222 e. The molecule has 0 aromatic carbocycles. The van der Waals surface area contributed by atoms with Crippen LogP contribution in [0, 0.1) is 0 Å². The van der Waals surface area contributed by atoms with Gasteiger partial charge in [0.2, 0.25) is 5.91 Å². The number of carbonyl (C=O) groups excluding carboxylic acids is 1. The minimum absolute atomic E-state index is 0.328. The van der Waals surface area contributed by atoms with Crippen molar-refractivity contribution in [2.45, 2.75) is 38.6 Å². The summed E-state index contributed by atoms with van der Waals surface area (Å²) in [6.07, 6.45) is 3.98. The van der Waals surface area contributed by atoms with Crippen LogP contribution in [0.2, 0.25) is 0 Å². The Morgan fingerprint density at radius 1 is 1.11 bits per heavy atom. The van der Waals surface area contributed by atoms with Crippen LogP contribution in [-0.4, -0.2) is 66.0 Å². The first-order chi connectivity index (χ1) is 8.70. The van der Waals surface area contributed by atoms with Crippen LogP contribution in [0.5, 0.6) is 0 Å². The normalized spacial score (nSPS) is 24.4. The van der Waals surface area contributed by atoms with Crippen molar-refractivity contribution in [3.8, 4) is 0 Å². The predicted molar refractivity (Wildman–Crippen MR) is 71.8 cm³/mol. The Bertz CT molecular complexity index is 268. The zero-order valence-corrected chi connectivity index (χ0v) is 11.5. The summed E-state index contributed by atoms with van der Waals surface area (Å²) in [7, 11) is 0. The molecule has 5 heteroatoms. The molecule has 104 valence electrons. The molecule has 1 amide bonds. The minimum Gasteiger partial charge on any atom is -0.340 e. The first-order valence-electron chi connectivity index (χ1n) is 7.22. The zero-order valence-electron chi connectivity index (χ0n) is 11.5. The average molecular weight is 254 g/mol. The fourth-order valence-electron chi connectivity index (χ4n) is 2.96. The summed E-state index contributed by atoms with van der Waals surface area (Å²) in [6, 6.07) is 0.674. The van der Waals surface area contributed by atoms with Gasteiger partial charge in [-0.3, -0.25) is 15.5 Å². The largest absolute Gasteiger partial charge is 0.340 e. The molecular formula is C13H26N4O. The van der Waals surface area contributed by atoms with E-state index in [1.54, 1.807) is 0 Å². The minimum atomic E-state index is 0.328. The molecule has 2 aliphatic rings. The van der Waals surface area contributed by atoms with Crippen LogP contribution in [0.25, 0.3) is 0 Å². The molecule has 2 N–H and O–H groups in total. The SMILES string of the molecule is CCCC(=O)N1CCN(C2CCN(N)CC2)CC1. The third kappa shape index (κ3) is 3.43. The molecule has 0 aliphatic carbocycles. The third-order valence-corrected chi connectivity index (χ3v) is 4.15. The molecule has 0 saturated carbocycles. The predicted octanol–water partition coefficient (Wildman–Crippen LogP) is 0.269. The Hall–Kier alpha value is -0.650. The summed E-state index contributed by atoms with van der Waals surface area (Å²) in [5, 5.41) is 1.91. The van der Waals surface area contributed by atoms with E-state index in [0.29, 0.717) is 18.4 Å². The Morgan fingerprint density at radius 2 is 1.72 bits per heavy atom. The third-order valence-electron chi connectivity index (χ3n) is 4.15. The highest BCUT2D eigenvalue weighted by molar-refractivity contribution is 5.76. The summed E-state index contributed by atoms with van der Waals surface area (Å²) in [5.74, 6) is 6.11. The van der Waals surface area contributed by atoms with Crippen LogP contribution in [-0.2, 0) is 4.79 Å². The van der Waals surface area contributed by atoms with E-state index in [1.807, 2.05) is 9.91 Å². The monoisotopic (exact) mass is 254 g/mol. The standard InChI is InChI=1S/C13H26N4O/c1-2-3-13(18)16-10-8-15(9-11-16)12-4-6-17(14)7-5-12/h12H,2-11,14H2,1H3. The Morgan fingerprint density at radius 3 is 2.28 bits per heavy atom. The Kier molecular flexibility index (Phi) is 4.97.